The Morgan fingerprint density at radius 2 is 1.71 bits per heavy atom. The topological polar surface area (TPSA) is 186 Å². The minimum Gasteiger partial charge on any atom is -0.775 e. The Balaban J connectivity index is 2.36. The molecule has 0 aromatic heterocycles. The molecule has 0 radical (unpaired) electrons. The van der Waals surface area contributed by atoms with Gasteiger partial charge in [0, 0.05) is 24.8 Å². The SMILES string of the molecule is C[NH2+]CCCc1ccc(O)c(C[NH+](CP(=O)([O-])O)C2CCCCC2[NH+](CC(=O)[O-])CC(=O)[O-])c1. The molecule has 4 atom stereocenters. The van der Waals surface area contributed by atoms with E-state index < -0.39 is 51.0 Å². The van der Waals surface area contributed by atoms with Crippen molar-refractivity contribution in [1.82, 2.24) is 0 Å². The maximum absolute atomic E-state index is 11.9. The van der Waals surface area contributed by atoms with Crippen LogP contribution in [0.15, 0.2) is 18.2 Å². The van der Waals surface area contributed by atoms with Crippen LogP contribution in [0, 0.1) is 0 Å². The van der Waals surface area contributed by atoms with Crippen LogP contribution in [0.3, 0.4) is 0 Å². The summed E-state index contributed by atoms with van der Waals surface area (Å²) >= 11 is 0. The number of carboxylic acid groups (broad SMARTS) is 2. The normalized spacial score (nSPS) is 21.2. The lowest BCUT2D eigenvalue weighted by atomic mass is 9.87. The molecule has 11 nitrogen and oxygen atoms in total. The molecule has 1 aliphatic carbocycles. The van der Waals surface area contributed by atoms with Gasteiger partial charge in [0.25, 0.3) is 0 Å². The van der Waals surface area contributed by atoms with Gasteiger partial charge in [0.2, 0.25) is 0 Å². The van der Waals surface area contributed by atoms with Crippen molar-refractivity contribution in [3.05, 3.63) is 29.3 Å². The molecule has 0 saturated heterocycles. The zero-order chi connectivity index (χ0) is 25.3. The quantitative estimate of drug-likeness (QED) is 0.123. The Bertz CT molecular complexity index is 862. The van der Waals surface area contributed by atoms with Gasteiger partial charge in [0.1, 0.15) is 43.8 Å². The smallest absolute Gasteiger partial charge is 0.187 e. The molecule has 0 spiro atoms. The van der Waals surface area contributed by atoms with Crippen LogP contribution in [0.25, 0.3) is 0 Å². The molecule has 4 unspecified atom stereocenters. The summed E-state index contributed by atoms with van der Waals surface area (Å²) in [5, 5.41) is 35.1. The van der Waals surface area contributed by atoms with E-state index in [0.29, 0.717) is 23.3 Å². The summed E-state index contributed by atoms with van der Waals surface area (Å²) in [7, 11) is -2.75. The third kappa shape index (κ3) is 9.32. The molecule has 1 aliphatic rings. The molecule has 0 heterocycles. The molecule has 1 saturated carbocycles. The van der Waals surface area contributed by atoms with E-state index in [-0.39, 0.29) is 17.2 Å². The van der Waals surface area contributed by atoms with Gasteiger partial charge in [-0.2, -0.15) is 0 Å². The highest BCUT2D eigenvalue weighted by atomic mass is 31.2. The highest BCUT2D eigenvalue weighted by molar-refractivity contribution is 7.49. The summed E-state index contributed by atoms with van der Waals surface area (Å²) in [5.41, 5.74) is 1.51. The summed E-state index contributed by atoms with van der Waals surface area (Å²) < 4.78 is 11.9. The van der Waals surface area contributed by atoms with Crippen molar-refractivity contribution < 1.29 is 54.4 Å². The van der Waals surface area contributed by atoms with Crippen LogP contribution in [0.4, 0.5) is 0 Å². The number of carbonyl (C=O) groups excluding carboxylic acids is 2. The summed E-state index contributed by atoms with van der Waals surface area (Å²) in [6, 6.07) is 4.26. The number of rotatable bonds is 14. The molecule has 34 heavy (non-hydrogen) atoms. The van der Waals surface area contributed by atoms with Crippen molar-refractivity contribution in [2.75, 3.05) is 33.0 Å². The number of carboxylic acids is 2. The van der Waals surface area contributed by atoms with Crippen molar-refractivity contribution in [3.63, 3.8) is 0 Å². The Labute approximate surface area is 199 Å². The van der Waals surface area contributed by atoms with Gasteiger partial charge in [-0.1, -0.05) is 6.07 Å². The molecule has 1 aromatic rings. The van der Waals surface area contributed by atoms with Crippen LogP contribution in [-0.4, -0.2) is 67.0 Å². The highest BCUT2D eigenvalue weighted by Gasteiger charge is 2.41. The van der Waals surface area contributed by atoms with Gasteiger partial charge in [-0.25, -0.2) is 0 Å². The van der Waals surface area contributed by atoms with E-state index in [4.69, 9.17) is 0 Å². The fraction of sp³-hybridized carbons (Fsp3) is 0.636. The van der Waals surface area contributed by atoms with E-state index in [2.05, 4.69) is 5.32 Å². The highest BCUT2D eigenvalue weighted by Crippen LogP contribution is 2.27. The predicted octanol–water partition coefficient (Wildman–Crippen LogP) is -5.90. The molecule has 1 fully saturated rings. The average Bonchev–Trinajstić information content (AvgIpc) is 2.73. The van der Waals surface area contributed by atoms with Crippen LogP contribution in [0.2, 0.25) is 0 Å². The molecule has 2 rings (SSSR count). The van der Waals surface area contributed by atoms with Crippen LogP contribution < -0.4 is 30.2 Å². The Morgan fingerprint density at radius 3 is 2.24 bits per heavy atom. The number of aliphatic carboxylic acids is 2. The monoisotopic (exact) mass is 501 g/mol. The number of aromatic hydroxyl groups is 1. The van der Waals surface area contributed by atoms with Crippen LogP contribution in [0.1, 0.15) is 43.2 Å². The zero-order valence-electron chi connectivity index (χ0n) is 19.5. The third-order valence-electron chi connectivity index (χ3n) is 6.48. The number of nitrogens with one attached hydrogen (secondary N) is 2. The summed E-state index contributed by atoms with van der Waals surface area (Å²) in [6.07, 6.45) is 3.61. The molecule has 0 amide bonds. The number of benzene rings is 1. The van der Waals surface area contributed by atoms with Gasteiger partial charge in [-0.15, -0.1) is 0 Å². The zero-order valence-corrected chi connectivity index (χ0v) is 20.4. The first-order valence-electron chi connectivity index (χ1n) is 11.7. The number of quaternary nitrogens is 3. The Hall–Kier alpha value is -2.01. The molecule has 192 valence electrons. The first kappa shape index (κ1) is 28.2. The second-order valence-electron chi connectivity index (χ2n) is 9.15. The average molecular weight is 502 g/mol. The maximum atomic E-state index is 11.9. The first-order chi connectivity index (χ1) is 16.0. The minimum absolute atomic E-state index is 0.00279. The van der Waals surface area contributed by atoms with Crippen LogP contribution in [0.5, 0.6) is 5.75 Å². The molecule has 12 heteroatoms. The number of nitrogens with two attached hydrogens (primary N) is 1. The summed E-state index contributed by atoms with van der Waals surface area (Å²) in [5.74, 6) is -2.81. The molecule has 1 aromatic carbocycles. The van der Waals surface area contributed by atoms with Gasteiger partial charge in [-0.3, -0.25) is 0 Å². The van der Waals surface area contributed by atoms with Crippen molar-refractivity contribution in [2.45, 2.75) is 57.2 Å². The number of aryl methyl sites for hydroxylation is 1. The largest absolute Gasteiger partial charge is 0.775 e. The van der Waals surface area contributed by atoms with Crippen molar-refractivity contribution in [3.8, 4) is 5.75 Å². The lowest BCUT2D eigenvalue weighted by Crippen LogP contribution is -3.27. The fourth-order valence-electron chi connectivity index (χ4n) is 5.06. The predicted molar refractivity (Wildman–Crippen MR) is 115 cm³/mol. The summed E-state index contributed by atoms with van der Waals surface area (Å²) in [4.78, 5) is 44.9. The second kappa shape index (κ2) is 13.2. The van der Waals surface area contributed by atoms with E-state index in [1.54, 1.807) is 6.07 Å². The molecule has 0 bridgehead atoms. The van der Waals surface area contributed by atoms with Gasteiger partial charge in [0.05, 0.1) is 25.5 Å². The van der Waals surface area contributed by atoms with E-state index in [0.717, 1.165) is 37.8 Å². The molecule has 6 N–H and O–H groups in total. The number of carbonyl (C=O) groups is 2. The second-order valence-corrected chi connectivity index (χ2v) is 10.7. The number of hydrogen-bond donors (Lipinski definition) is 5. The van der Waals surface area contributed by atoms with E-state index in [9.17, 15) is 39.3 Å². The van der Waals surface area contributed by atoms with Gasteiger partial charge >= 0.3 is 0 Å². The van der Waals surface area contributed by atoms with Crippen molar-refractivity contribution >= 4 is 19.5 Å². The number of phenolic OH excluding ortho intramolecular Hbond substituents is 1. The van der Waals surface area contributed by atoms with Gasteiger partial charge in [0.15, 0.2) is 7.60 Å². The van der Waals surface area contributed by atoms with Crippen LogP contribution >= 0.6 is 7.60 Å². The first-order valence-corrected chi connectivity index (χ1v) is 13.5. The lowest BCUT2D eigenvalue weighted by Gasteiger charge is -2.41. The lowest BCUT2D eigenvalue weighted by molar-refractivity contribution is -0.994. The van der Waals surface area contributed by atoms with Crippen molar-refractivity contribution in [1.29, 1.82) is 0 Å². The fourth-order valence-corrected chi connectivity index (χ4v) is 5.92. The Morgan fingerprint density at radius 1 is 1.12 bits per heavy atom. The van der Waals surface area contributed by atoms with E-state index >= 15 is 0 Å². The molecule has 0 aliphatic heterocycles. The van der Waals surface area contributed by atoms with E-state index in [1.807, 2.05) is 19.2 Å². The molecular weight excluding hydrogens is 465 g/mol. The van der Waals surface area contributed by atoms with Gasteiger partial charge < -0.3 is 54.4 Å². The Kier molecular flexibility index (Phi) is 10.9. The number of hydrogen-bond acceptors (Lipinski definition) is 7. The maximum Gasteiger partial charge on any atom is 0.187 e. The van der Waals surface area contributed by atoms with Crippen molar-refractivity contribution in [2.24, 2.45) is 0 Å². The number of phenols is 1. The van der Waals surface area contributed by atoms with Gasteiger partial charge in [-0.05, 0) is 37.0 Å². The summed E-state index contributed by atoms with van der Waals surface area (Å²) in [6.45, 7) is -0.0777. The molecular formula is C22H36N3O8P. The van der Waals surface area contributed by atoms with E-state index in [1.165, 1.54) is 0 Å². The minimum atomic E-state index is -4.73. The van der Waals surface area contributed by atoms with Crippen LogP contribution in [-0.2, 0) is 27.1 Å². The third-order valence-corrected chi connectivity index (χ3v) is 7.29. The standard InChI is InChI=1S/C22H36N3O8P/c1-23-10-4-5-16-8-9-20(26)17(11-16)12-25(15-34(31,32)33)19-7-3-2-6-18(19)24(13-21(27)28)14-22(29)30/h8-9,11,18-19,23,26H,2-7,10,12-15H2,1H3,(H,27,28)(H,29,30)(H2,31,32,33).